The summed E-state index contributed by atoms with van der Waals surface area (Å²) in [5, 5.41) is 10.4. The first-order valence-corrected chi connectivity index (χ1v) is 12.5. The molecule has 1 aliphatic heterocycles. The summed E-state index contributed by atoms with van der Waals surface area (Å²) >= 11 is 6.04. The number of nitrogens with zero attached hydrogens (tertiary/aromatic N) is 1. The summed E-state index contributed by atoms with van der Waals surface area (Å²) in [5.41, 5.74) is 6.95. The van der Waals surface area contributed by atoms with Crippen molar-refractivity contribution in [3.8, 4) is 5.75 Å². The van der Waals surface area contributed by atoms with E-state index >= 15 is 0 Å². The minimum Gasteiger partial charge on any atom is -0.489 e. The number of halogens is 4. The quantitative estimate of drug-likeness (QED) is 0.415. The number of benzene rings is 2. The van der Waals surface area contributed by atoms with Crippen LogP contribution in [0.25, 0.3) is 0 Å². The normalized spacial score (nSPS) is 18.0. The first-order chi connectivity index (χ1) is 16.0. The summed E-state index contributed by atoms with van der Waals surface area (Å²) in [5.74, 6) is -0.654. The molecule has 4 N–H and O–H groups in total. The number of nitrogens with one attached hydrogen (secondary N) is 1. The molecule has 2 aromatic rings. The molecule has 0 spiro atoms. The highest BCUT2D eigenvalue weighted by molar-refractivity contribution is 7.93. The summed E-state index contributed by atoms with van der Waals surface area (Å²) in [7, 11) is -4.21. The first kappa shape index (κ1) is 26.6. The second-order valence-corrected chi connectivity index (χ2v) is 10.7. The highest BCUT2D eigenvalue weighted by atomic mass is 35.5. The summed E-state index contributed by atoms with van der Waals surface area (Å²) in [6.45, 7) is -2.51. The molecule has 12 heteroatoms. The highest BCUT2D eigenvalue weighted by Gasteiger charge is 2.39. The molecule has 3 unspecified atom stereocenters. The Balaban J connectivity index is 1.94. The lowest BCUT2D eigenvalue weighted by atomic mass is 9.94. The van der Waals surface area contributed by atoms with Gasteiger partial charge in [0.1, 0.15) is 23.4 Å². The molecule has 3 rings (SSSR count). The summed E-state index contributed by atoms with van der Waals surface area (Å²) in [6.07, 6.45) is 0.412. The van der Waals surface area contributed by atoms with Gasteiger partial charge >= 0.3 is 0 Å². The van der Waals surface area contributed by atoms with Crippen molar-refractivity contribution in [2.75, 3.05) is 24.0 Å². The second kappa shape index (κ2) is 11.1. The molecular formula is C22H27ClF3N3O4S. The van der Waals surface area contributed by atoms with Crippen LogP contribution >= 0.6 is 11.6 Å². The van der Waals surface area contributed by atoms with Gasteiger partial charge in [-0.3, -0.25) is 9.62 Å². The van der Waals surface area contributed by atoms with Crippen LogP contribution in [0.5, 0.6) is 5.75 Å². The van der Waals surface area contributed by atoms with Crippen LogP contribution in [0, 0.1) is 11.7 Å². The Bertz CT molecular complexity index is 1080. The molecule has 0 radical (unpaired) electrons. The van der Waals surface area contributed by atoms with Gasteiger partial charge in [0.15, 0.2) is 0 Å². The molecule has 34 heavy (non-hydrogen) atoms. The number of hydrogen-bond acceptors (Lipinski definition) is 6. The third-order valence-corrected chi connectivity index (χ3v) is 8.39. The zero-order chi connectivity index (χ0) is 25.0. The van der Waals surface area contributed by atoms with E-state index in [4.69, 9.17) is 22.1 Å². The SMILES string of the molecule is CC(N)C(CNC(F)F)S(=O)(=O)N1CC(CO)Cc2ccc(OCc3c(F)cccc3Cl)cc21. The van der Waals surface area contributed by atoms with Gasteiger partial charge in [0, 0.05) is 43.3 Å². The van der Waals surface area contributed by atoms with Gasteiger partial charge in [-0.15, -0.1) is 0 Å². The number of aliphatic hydroxyl groups excluding tert-OH is 1. The number of alkyl halides is 2. The molecule has 0 amide bonds. The monoisotopic (exact) mass is 521 g/mol. The largest absolute Gasteiger partial charge is 0.489 e. The van der Waals surface area contributed by atoms with E-state index in [1.165, 1.54) is 31.2 Å². The Morgan fingerprint density at radius 1 is 1.32 bits per heavy atom. The maximum absolute atomic E-state index is 14.1. The fourth-order valence-corrected chi connectivity index (χ4v) is 6.12. The van der Waals surface area contributed by atoms with Gasteiger partial charge < -0.3 is 15.6 Å². The van der Waals surface area contributed by atoms with Crippen LogP contribution < -0.4 is 20.1 Å². The molecule has 0 saturated carbocycles. The third-order valence-electron chi connectivity index (χ3n) is 5.71. The van der Waals surface area contributed by atoms with Gasteiger partial charge in [0.2, 0.25) is 10.0 Å². The van der Waals surface area contributed by atoms with E-state index in [1.54, 1.807) is 12.1 Å². The van der Waals surface area contributed by atoms with Crippen LogP contribution in [-0.4, -0.2) is 51.1 Å². The predicted octanol–water partition coefficient (Wildman–Crippen LogP) is 2.89. The molecule has 0 aliphatic carbocycles. The van der Waals surface area contributed by atoms with E-state index in [2.05, 4.69) is 0 Å². The van der Waals surface area contributed by atoms with E-state index in [9.17, 15) is 26.7 Å². The zero-order valence-electron chi connectivity index (χ0n) is 18.4. The molecule has 0 saturated heterocycles. The Morgan fingerprint density at radius 3 is 2.68 bits per heavy atom. The van der Waals surface area contributed by atoms with Gasteiger partial charge in [0.05, 0.1) is 10.7 Å². The van der Waals surface area contributed by atoms with Crippen molar-refractivity contribution in [3.05, 3.63) is 58.4 Å². The molecule has 188 valence electrons. The summed E-state index contributed by atoms with van der Waals surface area (Å²) in [4.78, 5) is 0. The molecule has 0 fully saturated rings. The predicted molar refractivity (Wildman–Crippen MR) is 124 cm³/mol. The van der Waals surface area contributed by atoms with E-state index in [0.29, 0.717) is 17.7 Å². The number of hydrogen-bond donors (Lipinski definition) is 3. The summed E-state index contributed by atoms with van der Waals surface area (Å²) < 4.78 is 73.4. The molecule has 2 aromatic carbocycles. The molecule has 1 heterocycles. The van der Waals surface area contributed by atoms with Crippen LogP contribution in [0.3, 0.4) is 0 Å². The molecular weight excluding hydrogens is 495 g/mol. The zero-order valence-corrected chi connectivity index (χ0v) is 20.0. The van der Waals surface area contributed by atoms with Gasteiger partial charge in [-0.25, -0.2) is 12.8 Å². The van der Waals surface area contributed by atoms with Crippen molar-refractivity contribution in [3.63, 3.8) is 0 Å². The van der Waals surface area contributed by atoms with Crippen LogP contribution in [-0.2, 0) is 23.1 Å². The number of nitrogens with two attached hydrogens (primary N) is 1. The Labute approximate surface area is 201 Å². The maximum atomic E-state index is 14.1. The van der Waals surface area contributed by atoms with Gasteiger partial charge in [-0.05, 0) is 37.1 Å². The number of ether oxygens (including phenoxy) is 1. The van der Waals surface area contributed by atoms with Crippen LogP contribution in [0.1, 0.15) is 18.1 Å². The number of aliphatic hydroxyl groups is 1. The van der Waals surface area contributed by atoms with Crippen LogP contribution in [0.4, 0.5) is 18.9 Å². The topological polar surface area (TPSA) is 105 Å². The maximum Gasteiger partial charge on any atom is 0.292 e. The number of sulfonamides is 1. The van der Waals surface area contributed by atoms with Crippen molar-refractivity contribution in [1.29, 1.82) is 0 Å². The van der Waals surface area contributed by atoms with E-state index in [1.807, 2.05) is 5.32 Å². The van der Waals surface area contributed by atoms with E-state index < -0.39 is 40.2 Å². The lowest BCUT2D eigenvalue weighted by molar-refractivity contribution is 0.108. The number of anilines is 1. The standard InChI is InChI=1S/C22H27ClF3N3O4S/c1-13(27)21(9-28-22(25)26)34(31,32)29-10-14(11-30)7-15-5-6-16(8-20(15)29)33-12-17-18(23)3-2-4-19(17)24/h2-6,8,13-14,21-22,28,30H,7,9-12,27H2,1H3. The minimum atomic E-state index is -4.21. The molecule has 0 bridgehead atoms. The average molecular weight is 522 g/mol. The molecule has 0 aromatic heterocycles. The number of fused-ring (bicyclic) bond motifs is 1. The van der Waals surface area contributed by atoms with Crippen molar-refractivity contribution in [2.45, 2.75) is 37.8 Å². The van der Waals surface area contributed by atoms with Crippen LogP contribution in [0.2, 0.25) is 5.02 Å². The lowest BCUT2D eigenvalue weighted by Gasteiger charge is -2.38. The van der Waals surface area contributed by atoms with Gasteiger partial charge in [-0.2, -0.15) is 8.78 Å². The molecule has 7 nitrogen and oxygen atoms in total. The van der Waals surface area contributed by atoms with E-state index in [0.717, 1.165) is 4.31 Å². The number of rotatable bonds is 10. The summed E-state index contributed by atoms with van der Waals surface area (Å²) in [6, 6.07) is 8.07. The highest BCUT2D eigenvalue weighted by Crippen LogP contribution is 2.36. The fraction of sp³-hybridized carbons (Fsp3) is 0.455. The third kappa shape index (κ3) is 5.95. The van der Waals surface area contributed by atoms with E-state index in [-0.39, 0.29) is 42.0 Å². The van der Waals surface area contributed by atoms with Crippen molar-refractivity contribution in [1.82, 2.24) is 5.32 Å². The lowest BCUT2D eigenvalue weighted by Crippen LogP contribution is -2.54. The molecule has 1 aliphatic rings. The Kier molecular flexibility index (Phi) is 8.69. The van der Waals surface area contributed by atoms with Crippen molar-refractivity contribution >= 4 is 27.3 Å². The Hall–Kier alpha value is -2.05. The average Bonchev–Trinajstić information content (AvgIpc) is 2.77. The van der Waals surface area contributed by atoms with Gasteiger partial charge in [-0.1, -0.05) is 23.7 Å². The van der Waals surface area contributed by atoms with Gasteiger partial charge in [0.25, 0.3) is 6.55 Å². The minimum absolute atomic E-state index is 0.0493. The van der Waals surface area contributed by atoms with Crippen LogP contribution in [0.15, 0.2) is 36.4 Å². The van der Waals surface area contributed by atoms with Crippen molar-refractivity contribution in [2.24, 2.45) is 11.7 Å². The van der Waals surface area contributed by atoms with Crippen molar-refractivity contribution < 1.29 is 31.4 Å². The first-order valence-electron chi connectivity index (χ1n) is 10.6. The Morgan fingerprint density at radius 2 is 2.06 bits per heavy atom. The fourth-order valence-electron chi connectivity index (χ4n) is 3.87. The smallest absolute Gasteiger partial charge is 0.292 e. The molecule has 3 atom stereocenters. The second-order valence-electron chi connectivity index (χ2n) is 8.21.